The molecule has 0 radical (unpaired) electrons. The number of nitrogens with one attached hydrogen (secondary N) is 1. The molecule has 2 amide bonds. The Kier molecular flexibility index (Phi) is 7.86. The summed E-state index contributed by atoms with van der Waals surface area (Å²) >= 11 is 6.31. The number of carbonyl (C=O) groups excluding carboxylic acids is 2. The van der Waals surface area contributed by atoms with Crippen molar-refractivity contribution in [2.24, 2.45) is 0 Å². The molecule has 1 aliphatic carbocycles. The summed E-state index contributed by atoms with van der Waals surface area (Å²) in [5.74, 6) is -0.700. The Morgan fingerprint density at radius 1 is 1.10 bits per heavy atom. The van der Waals surface area contributed by atoms with Crippen molar-refractivity contribution in [2.75, 3.05) is 0 Å². The zero-order valence-corrected chi connectivity index (χ0v) is 18.0. The van der Waals surface area contributed by atoms with Crippen LogP contribution in [0.4, 0.5) is 4.39 Å². The molecule has 2 aromatic carbocycles. The largest absolute Gasteiger partial charge is 0.352 e. The number of hydrogen-bond donors (Lipinski definition) is 1. The van der Waals surface area contributed by atoms with Crippen molar-refractivity contribution in [3.05, 3.63) is 70.5 Å². The maximum Gasteiger partial charge on any atom is 0.242 e. The highest BCUT2D eigenvalue weighted by Gasteiger charge is 2.28. The van der Waals surface area contributed by atoms with E-state index in [0.717, 1.165) is 31.2 Å². The Morgan fingerprint density at radius 2 is 1.77 bits per heavy atom. The summed E-state index contributed by atoms with van der Waals surface area (Å²) in [4.78, 5) is 27.7. The lowest BCUT2D eigenvalue weighted by molar-refractivity contribution is -0.140. The minimum Gasteiger partial charge on any atom is -0.352 e. The quantitative estimate of drug-likeness (QED) is 0.680. The molecule has 0 spiro atoms. The SMILES string of the molecule is C[C@H](C(=O)NC1CCCCC1)N(Cc1ccccc1Cl)C(=O)Cc1ccc(F)cc1. The molecule has 1 aliphatic rings. The number of hydrogen-bond acceptors (Lipinski definition) is 2. The molecule has 0 bridgehead atoms. The fourth-order valence-electron chi connectivity index (χ4n) is 3.84. The van der Waals surface area contributed by atoms with Crippen molar-refractivity contribution >= 4 is 23.4 Å². The van der Waals surface area contributed by atoms with Gasteiger partial charge in [0, 0.05) is 17.6 Å². The first kappa shape index (κ1) is 22.3. The van der Waals surface area contributed by atoms with E-state index in [1.54, 1.807) is 30.0 Å². The van der Waals surface area contributed by atoms with Gasteiger partial charge in [0.1, 0.15) is 11.9 Å². The molecule has 1 N–H and O–H groups in total. The van der Waals surface area contributed by atoms with Gasteiger partial charge in [-0.15, -0.1) is 0 Å². The molecule has 0 unspecified atom stereocenters. The number of nitrogens with zero attached hydrogens (tertiary/aromatic N) is 1. The highest BCUT2D eigenvalue weighted by Crippen LogP contribution is 2.21. The molecular formula is C24H28ClFN2O2. The van der Waals surface area contributed by atoms with Crippen LogP contribution in [0.1, 0.15) is 50.2 Å². The van der Waals surface area contributed by atoms with Crippen LogP contribution >= 0.6 is 11.6 Å². The van der Waals surface area contributed by atoms with Crippen molar-refractivity contribution in [3.8, 4) is 0 Å². The Hall–Kier alpha value is -2.40. The molecule has 0 heterocycles. The molecule has 30 heavy (non-hydrogen) atoms. The lowest BCUT2D eigenvalue weighted by Crippen LogP contribution is -2.50. The number of carbonyl (C=O) groups is 2. The van der Waals surface area contributed by atoms with Crippen LogP contribution in [0.25, 0.3) is 0 Å². The molecule has 1 fully saturated rings. The van der Waals surface area contributed by atoms with Gasteiger partial charge in [0.2, 0.25) is 11.8 Å². The summed E-state index contributed by atoms with van der Waals surface area (Å²) in [6.07, 6.45) is 5.49. The predicted octanol–water partition coefficient (Wildman–Crippen LogP) is 4.89. The highest BCUT2D eigenvalue weighted by molar-refractivity contribution is 6.31. The molecule has 3 rings (SSSR count). The van der Waals surface area contributed by atoms with Gasteiger partial charge >= 0.3 is 0 Å². The minimum absolute atomic E-state index is 0.0891. The van der Waals surface area contributed by atoms with Gasteiger partial charge in [-0.25, -0.2) is 4.39 Å². The van der Waals surface area contributed by atoms with Gasteiger partial charge in [-0.2, -0.15) is 0 Å². The third-order valence-electron chi connectivity index (χ3n) is 5.69. The first-order chi connectivity index (χ1) is 14.4. The Morgan fingerprint density at radius 3 is 2.43 bits per heavy atom. The average Bonchev–Trinajstić information content (AvgIpc) is 2.75. The van der Waals surface area contributed by atoms with Crippen LogP contribution in [0.5, 0.6) is 0 Å². The molecule has 1 saturated carbocycles. The topological polar surface area (TPSA) is 49.4 Å². The molecule has 0 aromatic heterocycles. The normalized spacial score (nSPS) is 15.4. The molecule has 0 saturated heterocycles. The first-order valence-corrected chi connectivity index (χ1v) is 10.9. The van der Waals surface area contributed by atoms with Crippen molar-refractivity contribution in [2.45, 2.75) is 64.1 Å². The lowest BCUT2D eigenvalue weighted by Gasteiger charge is -2.31. The van der Waals surface area contributed by atoms with E-state index in [1.165, 1.54) is 18.6 Å². The Bertz CT molecular complexity index is 866. The summed E-state index contributed by atoms with van der Waals surface area (Å²) in [6, 6.07) is 12.7. The average molecular weight is 431 g/mol. The molecule has 6 heteroatoms. The van der Waals surface area contributed by atoms with Gasteiger partial charge in [0.25, 0.3) is 0 Å². The molecule has 160 valence electrons. The van der Waals surface area contributed by atoms with Crippen LogP contribution in [0.15, 0.2) is 48.5 Å². The van der Waals surface area contributed by atoms with Gasteiger partial charge in [-0.3, -0.25) is 9.59 Å². The fraction of sp³-hybridized carbons (Fsp3) is 0.417. The maximum absolute atomic E-state index is 13.2. The van der Waals surface area contributed by atoms with Gasteiger partial charge in [0.15, 0.2) is 0 Å². The van der Waals surface area contributed by atoms with Crippen LogP contribution in [-0.4, -0.2) is 28.8 Å². The predicted molar refractivity (Wildman–Crippen MR) is 117 cm³/mol. The number of amides is 2. The third-order valence-corrected chi connectivity index (χ3v) is 6.05. The zero-order chi connectivity index (χ0) is 21.5. The monoisotopic (exact) mass is 430 g/mol. The van der Waals surface area contributed by atoms with Crippen LogP contribution < -0.4 is 5.32 Å². The summed E-state index contributed by atoms with van der Waals surface area (Å²) in [6.45, 7) is 1.98. The van der Waals surface area contributed by atoms with Crippen LogP contribution in [-0.2, 0) is 22.6 Å². The van der Waals surface area contributed by atoms with Gasteiger partial charge < -0.3 is 10.2 Å². The molecule has 0 aliphatic heterocycles. The third kappa shape index (κ3) is 6.05. The molecule has 2 aromatic rings. The van der Waals surface area contributed by atoms with Crippen LogP contribution in [0.2, 0.25) is 5.02 Å². The van der Waals surface area contributed by atoms with Crippen molar-refractivity contribution in [1.29, 1.82) is 0 Å². The van der Waals surface area contributed by atoms with E-state index in [1.807, 2.05) is 18.2 Å². The second-order valence-corrected chi connectivity index (χ2v) is 8.34. The number of benzene rings is 2. The number of rotatable bonds is 7. The first-order valence-electron chi connectivity index (χ1n) is 10.5. The summed E-state index contributed by atoms with van der Waals surface area (Å²) < 4.78 is 13.2. The fourth-order valence-corrected chi connectivity index (χ4v) is 4.04. The second kappa shape index (κ2) is 10.6. The molecular weight excluding hydrogens is 403 g/mol. The van der Waals surface area contributed by atoms with E-state index in [4.69, 9.17) is 11.6 Å². The van der Waals surface area contributed by atoms with Crippen LogP contribution in [0, 0.1) is 5.82 Å². The zero-order valence-electron chi connectivity index (χ0n) is 17.2. The van der Waals surface area contributed by atoms with E-state index in [0.29, 0.717) is 10.6 Å². The Balaban J connectivity index is 1.76. The van der Waals surface area contributed by atoms with E-state index in [9.17, 15) is 14.0 Å². The van der Waals surface area contributed by atoms with Crippen molar-refractivity contribution in [3.63, 3.8) is 0 Å². The van der Waals surface area contributed by atoms with E-state index in [-0.39, 0.29) is 36.6 Å². The standard InChI is InChI=1S/C24H28ClFN2O2/c1-17(24(30)27-21-8-3-2-4-9-21)28(16-19-7-5-6-10-22(19)25)23(29)15-18-11-13-20(26)14-12-18/h5-7,10-14,17,21H,2-4,8-9,15-16H2,1H3,(H,27,30)/t17-/m1/s1. The lowest BCUT2D eigenvalue weighted by atomic mass is 9.95. The Labute approximate surface area is 182 Å². The van der Waals surface area contributed by atoms with Gasteiger partial charge in [-0.05, 0) is 49.1 Å². The second-order valence-electron chi connectivity index (χ2n) is 7.94. The van der Waals surface area contributed by atoms with Crippen LogP contribution in [0.3, 0.4) is 0 Å². The molecule has 4 nitrogen and oxygen atoms in total. The summed E-state index contributed by atoms with van der Waals surface area (Å²) in [7, 11) is 0. The number of halogens is 2. The minimum atomic E-state index is -0.642. The maximum atomic E-state index is 13.2. The highest BCUT2D eigenvalue weighted by atomic mass is 35.5. The van der Waals surface area contributed by atoms with Gasteiger partial charge in [0.05, 0.1) is 6.42 Å². The summed E-state index contributed by atoms with van der Waals surface area (Å²) in [5.41, 5.74) is 1.48. The molecule has 1 atom stereocenters. The smallest absolute Gasteiger partial charge is 0.242 e. The van der Waals surface area contributed by atoms with Gasteiger partial charge in [-0.1, -0.05) is 61.2 Å². The van der Waals surface area contributed by atoms with Crippen molar-refractivity contribution in [1.82, 2.24) is 10.2 Å². The van der Waals surface area contributed by atoms with Crippen molar-refractivity contribution < 1.29 is 14.0 Å². The summed E-state index contributed by atoms with van der Waals surface area (Å²) in [5, 5.41) is 3.66. The van der Waals surface area contributed by atoms with E-state index in [2.05, 4.69) is 5.32 Å². The van der Waals surface area contributed by atoms with E-state index >= 15 is 0 Å². The van der Waals surface area contributed by atoms with E-state index < -0.39 is 6.04 Å².